The third-order valence-corrected chi connectivity index (χ3v) is 4.16. The number of alkyl halides is 3. The Morgan fingerprint density at radius 3 is 2.24 bits per heavy atom. The Morgan fingerprint density at radius 2 is 1.68 bits per heavy atom. The average molecular weight is 367 g/mol. The minimum Gasteiger partial charge on any atom is -0.307 e. The molecule has 25 heavy (non-hydrogen) atoms. The molecule has 2 nitrogen and oxygen atoms in total. The number of nitrogens with zero attached hydrogens (tertiary/aromatic N) is 1. The molecule has 0 radical (unpaired) electrons. The summed E-state index contributed by atoms with van der Waals surface area (Å²) in [6.45, 7) is 8.21. The standard InChI is InChI=1S/C15H10F3NS.C3H8.CH2O/c1-9-4-2-3-5-11(9)14-19-12-8-10(15(16,17)18)6-7-13(12)20-14;1-3-2;1-2/h2-8H,1H3;3H2,1-2H3;1H2. The molecule has 6 heteroatoms. The molecule has 0 aliphatic carbocycles. The first-order valence-electron chi connectivity index (χ1n) is 7.69. The molecule has 134 valence electrons. The number of aromatic nitrogens is 1. The molecule has 2 aromatic carbocycles. The number of hydrogen-bond donors (Lipinski definition) is 0. The van der Waals surface area contributed by atoms with Gasteiger partial charge in [0.25, 0.3) is 0 Å². The van der Waals surface area contributed by atoms with Crippen LogP contribution in [0.25, 0.3) is 20.8 Å². The van der Waals surface area contributed by atoms with Crippen molar-refractivity contribution >= 4 is 28.3 Å². The molecule has 0 N–H and O–H groups in total. The fourth-order valence-electron chi connectivity index (χ4n) is 2.03. The van der Waals surface area contributed by atoms with Gasteiger partial charge in [0.15, 0.2) is 0 Å². The third kappa shape index (κ3) is 5.39. The second-order valence-corrected chi connectivity index (χ2v) is 6.25. The SMILES string of the molecule is C=O.CCC.Cc1ccccc1-c1nc2cc(C(F)(F)F)ccc2s1. The van der Waals surface area contributed by atoms with Gasteiger partial charge in [0.1, 0.15) is 11.8 Å². The van der Waals surface area contributed by atoms with E-state index in [1.54, 1.807) is 0 Å². The van der Waals surface area contributed by atoms with Crippen molar-refractivity contribution in [3.63, 3.8) is 0 Å². The lowest BCUT2D eigenvalue weighted by Gasteiger charge is -2.04. The van der Waals surface area contributed by atoms with Crippen LogP contribution < -0.4 is 0 Å². The van der Waals surface area contributed by atoms with E-state index in [1.807, 2.05) is 38.0 Å². The van der Waals surface area contributed by atoms with Crippen LogP contribution >= 0.6 is 11.3 Å². The van der Waals surface area contributed by atoms with Crippen molar-refractivity contribution in [3.8, 4) is 10.6 Å². The first-order valence-corrected chi connectivity index (χ1v) is 8.51. The average Bonchev–Trinajstić information content (AvgIpc) is 3.00. The molecule has 0 atom stereocenters. The van der Waals surface area contributed by atoms with Crippen LogP contribution in [-0.4, -0.2) is 11.8 Å². The predicted molar refractivity (Wildman–Crippen MR) is 97.9 cm³/mol. The van der Waals surface area contributed by atoms with Gasteiger partial charge in [0.05, 0.1) is 15.8 Å². The van der Waals surface area contributed by atoms with E-state index >= 15 is 0 Å². The van der Waals surface area contributed by atoms with Crippen LogP contribution in [-0.2, 0) is 11.0 Å². The second-order valence-electron chi connectivity index (χ2n) is 5.22. The highest BCUT2D eigenvalue weighted by Gasteiger charge is 2.30. The van der Waals surface area contributed by atoms with Gasteiger partial charge in [-0.1, -0.05) is 44.5 Å². The van der Waals surface area contributed by atoms with Crippen molar-refractivity contribution in [2.24, 2.45) is 0 Å². The zero-order chi connectivity index (χ0) is 19.0. The molecule has 0 spiro atoms. The van der Waals surface area contributed by atoms with Gasteiger partial charge in [0, 0.05) is 5.56 Å². The molecule has 3 aromatic rings. The van der Waals surface area contributed by atoms with E-state index in [1.165, 1.54) is 23.8 Å². The molecule has 0 amide bonds. The summed E-state index contributed by atoms with van der Waals surface area (Å²) in [5.41, 5.74) is 1.75. The highest BCUT2D eigenvalue weighted by atomic mass is 32.1. The Kier molecular flexibility index (Phi) is 7.77. The van der Waals surface area contributed by atoms with Crippen LogP contribution in [0.1, 0.15) is 31.4 Å². The molecule has 0 saturated carbocycles. The lowest BCUT2D eigenvalue weighted by atomic mass is 10.1. The number of thiazole rings is 1. The van der Waals surface area contributed by atoms with Crippen molar-refractivity contribution in [2.45, 2.75) is 33.4 Å². The van der Waals surface area contributed by atoms with Crippen LogP contribution in [0.2, 0.25) is 0 Å². The number of carbonyl (C=O) groups is 1. The lowest BCUT2D eigenvalue weighted by molar-refractivity contribution is -0.137. The number of carbonyl (C=O) groups excluding carboxylic acids is 1. The number of aryl methyl sites for hydroxylation is 1. The molecule has 0 saturated heterocycles. The zero-order valence-electron chi connectivity index (χ0n) is 14.4. The summed E-state index contributed by atoms with van der Waals surface area (Å²) in [6, 6.07) is 11.4. The van der Waals surface area contributed by atoms with Crippen LogP contribution in [0.4, 0.5) is 13.2 Å². The maximum Gasteiger partial charge on any atom is 0.416 e. The number of halogens is 3. The first kappa shape index (κ1) is 20.8. The minimum atomic E-state index is -4.33. The Balaban J connectivity index is 0.000000567. The van der Waals surface area contributed by atoms with Gasteiger partial charge in [0.2, 0.25) is 0 Å². The van der Waals surface area contributed by atoms with E-state index in [9.17, 15) is 13.2 Å². The summed E-state index contributed by atoms with van der Waals surface area (Å²) in [5, 5.41) is 0.748. The van der Waals surface area contributed by atoms with E-state index in [0.29, 0.717) is 5.52 Å². The van der Waals surface area contributed by atoms with E-state index in [-0.39, 0.29) is 0 Å². The third-order valence-electron chi connectivity index (χ3n) is 3.09. The molecule has 0 aliphatic rings. The normalized spacial score (nSPS) is 10.5. The van der Waals surface area contributed by atoms with Crippen molar-refractivity contribution in [1.29, 1.82) is 0 Å². The van der Waals surface area contributed by atoms with Crippen LogP contribution in [0.5, 0.6) is 0 Å². The molecular weight excluding hydrogens is 347 g/mol. The van der Waals surface area contributed by atoms with Crippen LogP contribution in [0.15, 0.2) is 42.5 Å². The Hall–Kier alpha value is -2.21. The second kappa shape index (κ2) is 9.32. The van der Waals surface area contributed by atoms with E-state index in [0.717, 1.165) is 33.0 Å². The Morgan fingerprint density at radius 1 is 1.08 bits per heavy atom. The molecule has 1 heterocycles. The highest BCUT2D eigenvalue weighted by Crippen LogP contribution is 2.36. The summed E-state index contributed by atoms with van der Waals surface area (Å²) in [6.07, 6.45) is -3.08. The topological polar surface area (TPSA) is 30.0 Å². The molecule has 0 bridgehead atoms. The maximum atomic E-state index is 12.7. The number of hydrogen-bond acceptors (Lipinski definition) is 3. The summed E-state index contributed by atoms with van der Waals surface area (Å²) in [7, 11) is 0. The minimum absolute atomic E-state index is 0.392. The molecule has 0 fully saturated rings. The first-order chi connectivity index (χ1) is 11.9. The number of fused-ring (bicyclic) bond motifs is 1. The molecule has 3 rings (SSSR count). The van der Waals surface area contributed by atoms with Gasteiger partial charge in [-0.3, -0.25) is 0 Å². The van der Waals surface area contributed by atoms with Gasteiger partial charge in [-0.2, -0.15) is 13.2 Å². The van der Waals surface area contributed by atoms with Gasteiger partial charge in [-0.15, -0.1) is 11.3 Å². The predicted octanol–water partition coefficient (Wildman–Crippen LogP) is 6.52. The van der Waals surface area contributed by atoms with Gasteiger partial charge in [-0.05, 0) is 30.7 Å². The van der Waals surface area contributed by atoms with Gasteiger partial charge in [-0.25, -0.2) is 4.98 Å². The van der Waals surface area contributed by atoms with E-state index < -0.39 is 11.7 Å². The molecule has 0 unspecified atom stereocenters. The quantitative estimate of drug-likeness (QED) is 0.490. The zero-order valence-corrected chi connectivity index (χ0v) is 15.2. The number of benzene rings is 2. The van der Waals surface area contributed by atoms with Gasteiger partial charge >= 0.3 is 6.18 Å². The largest absolute Gasteiger partial charge is 0.416 e. The van der Waals surface area contributed by atoms with E-state index in [2.05, 4.69) is 18.8 Å². The maximum absolute atomic E-state index is 12.7. The molecule has 0 aliphatic heterocycles. The van der Waals surface area contributed by atoms with Crippen molar-refractivity contribution in [2.75, 3.05) is 0 Å². The van der Waals surface area contributed by atoms with Crippen molar-refractivity contribution in [3.05, 3.63) is 53.6 Å². The fraction of sp³-hybridized carbons (Fsp3) is 0.263. The Bertz CT molecular complexity index is 812. The lowest BCUT2D eigenvalue weighted by Crippen LogP contribution is -2.03. The summed E-state index contributed by atoms with van der Waals surface area (Å²) in [4.78, 5) is 12.3. The number of rotatable bonds is 1. The summed E-state index contributed by atoms with van der Waals surface area (Å²) in [5.74, 6) is 0. The monoisotopic (exact) mass is 367 g/mol. The highest BCUT2D eigenvalue weighted by molar-refractivity contribution is 7.21. The van der Waals surface area contributed by atoms with Crippen molar-refractivity contribution < 1.29 is 18.0 Å². The fourth-order valence-corrected chi connectivity index (χ4v) is 3.07. The van der Waals surface area contributed by atoms with E-state index in [4.69, 9.17) is 4.79 Å². The van der Waals surface area contributed by atoms with Gasteiger partial charge < -0.3 is 4.79 Å². The molecular formula is C19H20F3NOS. The Labute approximate surface area is 149 Å². The van der Waals surface area contributed by atoms with Crippen LogP contribution in [0.3, 0.4) is 0 Å². The summed E-state index contributed by atoms with van der Waals surface area (Å²) >= 11 is 1.41. The smallest absolute Gasteiger partial charge is 0.307 e. The van der Waals surface area contributed by atoms with Crippen LogP contribution in [0, 0.1) is 6.92 Å². The molecule has 1 aromatic heterocycles. The van der Waals surface area contributed by atoms with Crippen molar-refractivity contribution in [1.82, 2.24) is 4.98 Å². The summed E-state index contributed by atoms with van der Waals surface area (Å²) < 4.78 is 38.8.